The second-order valence-corrected chi connectivity index (χ2v) is 11.7. The van der Waals surface area contributed by atoms with Crippen LogP contribution in [0.4, 0.5) is 17.6 Å². The number of aromatic nitrogens is 1. The number of rotatable bonds is 9. The van der Waals surface area contributed by atoms with Crippen LogP contribution in [0.5, 0.6) is 0 Å². The van der Waals surface area contributed by atoms with E-state index in [4.69, 9.17) is 9.47 Å². The second-order valence-electron chi connectivity index (χ2n) is 9.55. The number of piperidine rings is 1. The Kier molecular flexibility index (Phi) is 17.2. The predicted molar refractivity (Wildman–Crippen MR) is 156 cm³/mol. The number of carbonyl (C=O) groups is 1. The van der Waals surface area contributed by atoms with Gasteiger partial charge in [0.2, 0.25) is 0 Å². The van der Waals surface area contributed by atoms with Gasteiger partial charge in [0.05, 0.1) is 30.6 Å². The van der Waals surface area contributed by atoms with Crippen LogP contribution in [0.2, 0.25) is 0 Å². The Morgan fingerprint density at radius 1 is 1.14 bits per heavy atom. The number of H-pyrrole nitrogens is 1. The summed E-state index contributed by atoms with van der Waals surface area (Å²) in [6.45, 7) is 7.19. The number of hydrogen-bond donors (Lipinski definition) is 1. The van der Waals surface area contributed by atoms with E-state index >= 15 is 0 Å². The van der Waals surface area contributed by atoms with Crippen molar-refractivity contribution in [2.24, 2.45) is 5.92 Å². The zero-order chi connectivity index (χ0) is 31.4. The van der Waals surface area contributed by atoms with Gasteiger partial charge in [-0.1, -0.05) is 57.0 Å². The van der Waals surface area contributed by atoms with Crippen LogP contribution in [0.1, 0.15) is 68.3 Å². The van der Waals surface area contributed by atoms with Gasteiger partial charge in [-0.05, 0) is 31.4 Å². The van der Waals surface area contributed by atoms with Crippen molar-refractivity contribution < 1.29 is 73.0 Å². The van der Waals surface area contributed by atoms with Crippen LogP contribution < -0.4 is 0 Å². The fraction of sp³-hybridized carbons (Fsp3) is 0.467. The predicted octanol–water partition coefficient (Wildman–Crippen LogP) is 7.92. The third kappa shape index (κ3) is 11.9. The Morgan fingerprint density at radius 2 is 1.77 bits per heavy atom. The number of nitrogens with one attached hydrogen (secondary N) is 1. The van der Waals surface area contributed by atoms with E-state index < -0.39 is 34.1 Å². The molecule has 0 spiro atoms. The molecule has 0 aliphatic carbocycles. The number of ether oxygens (including phenoxy) is 2. The molecule has 237 valence electrons. The molecule has 0 amide bonds. The molecule has 1 aliphatic heterocycles. The topological polar surface area (TPSA) is 99.6 Å². The average Bonchev–Trinajstić information content (AvgIpc) is 3.34. The van der Waals surface area contributed by atoms with E-state index in [0.717, 1.165) is 48.7 Å². The maximum Gasteiger partial charge on any atom is 0.355 e. The standard InChI is InChI=1S/C27H32FN2O5S.C2H6.CF3.Y/c1-4-34-27(31)26-24(19-8-9-20(23(28)14-19)16-36(3,32)33)22-7-5-6-21(25(22)30-26)17(2)35-15-18-10-12-29-13-11-18;1-2;2-1(3)4;/h5-9,14,17-18,30H,4,10-13,15-16H2,1-3H3;1-2H3;;/q-1;;-1;. The van der Waals surface area contributed by atoms with Gasteiger partial charge in [0, 0.05) is 61.0 Å². The minimum absolute atomic E-state index is 0. The molecule has 2 heterocycles. The Labute approximate surface area is 276 Å². The van der Waals surface area contributed by atoms with Crippen molar-refractivity contribution in [1.29, 1.82) is 0 Å². The molecule has 1 saturated heterocycles. The van der Waals surface area contributed by atoms with Gasteiger partial charge in [-0.25, -0.2) is 17.6 Å². The van der Waals surface area contributed by atoms with Crippen LogP contribution in [0.3, 0.4) is 0 Å². The van der Waals surface area contributed by atoms with Crippen molar-refractivity contribution in [2.45, 2.75) is 52.4 Å². The fourth-order valence-electron chi connectivity index (χ4n) is 4.68. The number of sulfone groups is 1. The first-order chi connectivity index (χ1) is 19.9. The van der Waals surface area contributed by atoms with E-state index in [1.165, 1.54) is 12.1 Å². The molecule has 4 rings (SSSR count). The van der Waals surface area contributed by atoms with Crippen molar-refractivity contribution >= 4 is 26.7 Å². The molecule has 0 saturated carbocycles. The first kappa shape index (κ1) is 39.2. The van der Waals surface area contributed by atoms with Crippen LogP contribution in [0.25, 0.3) is 27.3 Å². The molecule has 1 fully saturated rings. The monoisotopic (exact) mass is 703 g/mol. The van der Waals surface area contributed by atoms with Crippen molar-refractivity contribution in [1.82, 2.24) is 4.98 Å². The summed E-state index contributed by atoms with van der Waals surface area (Å²) in [5.74, 6) is -1.11. The smallest absolute Gasteiger partial charge is 0.355 e. The van der Waals surface area contributed by atoms with Crippen LogP contribution in [0, 0.1) is 18.4 Å². The summed E-state index contributed by atoms with van der Waals surface area (Å²) in [6.07, 6.45) is 2.88. The van der Waals surface area contributed by atoms with Crippen LogP contribution in [0.15, 0.2) is 36.4 Å². The number of fused-ring (bicyclic) bond motifs is 1. The summed E-state index contributed by atoms with van der Waals surface area (Å²) in [5.41, 5.74) is 2.88. The molecule has 13 heteroatoms. The third-order valence-electron chi connectivity index (χ3n) is 6.52. The molecule has 3 aromatic rings. The van der Waals surface area contributed by atoms with Gasteiger partial charge in [0.25, 0.3) is 0 Å². The van der Waals surface area contributed by atoms with Gasteiger partial charge in [0.1, 0.15) is 11.5 Å². The SMILES string of the molecule is CC.CCOC(=O)c1[nH]c2c(C(C)OCC3CC[N-]CC3)cccc2c1-c1ccc(CS(C)(=O)=O)c(F)c1.F[C-](F)F.[Y]. The number of aromatic amines is 1. The van der Waals surface area contributed by atoms with Crippen molar-refractivity contribution in [2.75, 3.05) is 32.6 Å². The Bertz CT molecular complexity index is 1410. The van der Waals surface area contributed by atoms with Gasteiger partial charge in [-0.2, -0.15) is 0 Å². The molecule has 7 nitrogen and oxygen atoms in total. The van der Waals surface area contributed by atoms with E-state index in [1.807, 2.05) is 39.0 Å². The molecule has 1 radical (unpaired) electrons. The summed E-state index contributed by atoms with van der Waals surface area (Å²) >= 11 is 0. The van der Waals surface area contributed by atoms with Gasteiger partial charge in [0.15, 0.2) is 16.5 Å². The van der Waals surface area contributed by atoms with Gasteiger partial charge < -0.3 is 32.9 Å². The summed E-state index contributed by atoms with van der Waals surface area (Å²) in [6, 6.07) is 10.1. The summed E-state index contributed by atoms with van der Waals surface area (Å²) in [4.78, 5) is 16.1. The molecule has 1 N–H and O–H groups in total. The van der Waals surface area contributed by atoms with Gasteiger partial charge in [-0.15, -0.1) is 13.1 Å². The van der Waals surface area contributed by atoms with Crippen LogP contribution in [-0.4, -0.2) is 51.9 Å². The maximum absolute atomic E-state index is 14.9. The molecule has 2 aromatic carbocycles. The minimum atomic E-state index is -3.40. The second kappa shape index (κ2) is 18.8. The average molecular weight is 704 g/mol. The van der Waals surface area contributed by atoms with E-state index in [9.17, 15) is 30.8 Å². The Morgan fingerprint density at radius 3 is 2.33 bits per heavy atom. The molecule has 1 aromatic heterocycles. The maximum atomic E-state index is 14.9. The molecule has 43 heavy (non-hydrogen) atoms. The summed E-state index contributed by atoms with van der Waals surface area (Å²) in [7, 11) is -3.40. The largest absolute Gasteiger partial charge is 0.662 e. The van der Waals surface area contributed by atoms with E-state index in [-0.39, 0.29) is 56.7 Å². The molecular formula is C30H38F4N2O5SY-2. The number of nitrogens with zero attached hydrogens (tertiary/aromatic N) is 1. The molecule has 1 atom stereocenters. The van der Waals surface area contributed by atoms with Gasteiger partial charge in [-0.3, -0.25) is 0 Å². The number of carbonyl (C=O) groups excluding carboxylic acids is 1. The van der Waals surface area contributed by atoms with Crippen molar-refractivity contribution in [3.8, 4) is 11.1 Å². The van der Waals surface area contributed by atoms with Crippen molar-refractivity contribution in [3.05, 3.63) is 71.0 Å². The van der Waals surface area contributed by atoms with Crippen LogP contribution in [-0.2, 0) is 57.8 Å². The number of esters is 1. The molecule has 1 unspecified atom stereocenters. The normalized spacial score (nSPS) is 14.2. The summed E-state index contributed by atoms with van der Waals surface area (Å²) < 4.78 is 78.5. The quantitative estimate of drug-likeness (QED) is 0.139. The number of halogens is 4. The molecular weight excluding hydrogens is 665 g/mol. The zero-order valence-electron chi connectivity index (χ0n) is 25.1. The Hall–Kier alpha value is -1.86. The van der Waals surface area contributed by atoms with E-state index in [0.29, 0.717) is 23.7 Å². The zero-order valence-corrected chi connectivity index (χ0v) is 28.7. The molecule has 0 bridgehead atoms. The first-order valence-corrected chi connectivity index (χ1v) is 15.8. The summed E-state index contributed by atoms with van der Waals surface area (Å²) in [5, 5.41) is 5.13. The van der Waals surface area contributed by atoms with E-state index in [2.05, 4.69) is 10.3 Å². The van der Waals surface area contributed by atoms with Crippen LogP contribution >= 0.6 is 0 Å². The van der Waals surface area contributed by atoms with Gasteiger partial charge >= 0.3 is 5.97 Å². The number of benzene rings is 2. The first-order valence-electron chi connectivity index (χ1n) is 13.8. The third-order valence-corrected chi connectivity index (χ3v) is 7.35. The molecule has 1 aliphatic rings. The Balaban J connectivity index is 0.00000122. The minimum Gasteiger partial charge on any atom is -0.662 e. The fourth-order valence-corrected chi connectivity index (χ4v) is 5.48. The van der Waals surface area contributed by atoms with E-state index in [1.54, 1.807) is 13.0 Å². The van der Waals surface area contributed by atoms with Crippen molar-refractivity contribution in [3.63, 3.8) is 0 Å². The number of para-hydroxylation sites is 1. The number of hydrogen-bond acceptors (Lipinski definition) is 5.